The third kappa shape index (κ3) is 3.43. The van der Waals surface area contributed by atoms with Gasteiger partial charge in [-0.1, -0.05) is 98.8 Å². The van der Waals surface area contributed by atoms with Gasteiger partial charge in [-0.15, -0.1) is 0 Å². The smallest absolute Gasteiger partial charge is 0.0562 e. The van der Waals surface area contributed by atoms with Crippen LogP contribution in [-0.4, -0.2) is 14.1 Å². The summed E-state index contributed by atoms with van der Waals surface area (Å²) >= 11 is 0. The fourth-order valence-corrected chi connectivity index (χ4v) is 7.99. The summed E-state index contributed by atoms with van der Waals surface area (Å²) in [6.45, 7) is 4.64. The number of para-hydroxylation sites is 3. The van der Waals surface area contributed by atoms with Crippen LogP contribution in [0.15, 0.2) is 140 Å². The average molecular weight is 590 g/mol. The number of benzene rings is 6. The number of nitrogens with zero attached hydrogens (tertiary/aromatic N) is 2. The highest BCUT2D eigenvalue weighted by molar-refractivity contribution is 6.13. The van der Waals surface area contributed by atoms with Gasteiger partial charge < -0.3 is 14.1 Å². The number of hydrogen-bond donors (Lipinski definition) is 1. The van der Waals surface area contributed by atoms with Crippen molar-refractivity contribution in [3.8, 4) is 22.5 Å². The van der Waals surface area contributed by atoms with Crippen molar-refractivity contribution in [3.05, 3.63) is 151 Å². The van der Waals surface area contributed by atoms with E-state index in [0.717, 1.165) is 0 Å². The molecule has 6 aromatic carbocycles. The van der Waals surface area contributed by atoms with Gasteiger partial charge in [0, 0.05) is 60.3 Å². The molecule has 0 aliphatic heterocycles. The SMILES string of the molecule is CC1(C)C=Cc2c1n(-c1ccccc1)c1cccc(-n3c4ccccc4c4cc(-c5ccc6[nH]c7ccccc7c6c5)ccc43)c21. The molecule has 0 fully saturated rings. The monoisotopic (exact) mass is 589 g/mol. The van der Waals surface area contributed by atoms with Crippen LogP contribution in [0.5, 0.6) is 0 Å². The van der Waals surface area contributed by atoms with Crippen molar-refractivity contribution in [2.45, 2.75) is 19.3 Å². The molecule has 10 rings (SSSR count). The van der Waals surface area contributed by atoms with Crippen molar-refractivity contribution < 1.29 is 0 Å². The predicted octanol–water partition coefficient (Wildman–Crippen LogP) is 11.3. The van der Waals surface area contributed by atoms with E-state index in [2.05, 4.69) is 174 Å². The Balaban J connectivity index is 1.24. The van der Waals surface area contributed by atoms with Crippen LogP contribution in [0.1, 0.15) is 25.1 Å². The van der Waals surface area contributed by atoms with Gasteiger partial charge in [0.25, 0.3) is 0 Å². The Morgan fingerprint density at radius 1 is 0.522 bits per heavy atom. The number of rotatable bonds is 3. The second-order valence-electron chi connectivity index (χ2n) is 13.2. The molecule has 0 saturated carbocycles. The number of nitrogens with one attached hydrogen (secondary N) is 1. The molecular weight excluding hydrogens is 558 g/mol. The van der Waals surface area contributed by atoms with Crippen LogP contribution in [-0.2, 0) is 5.41 Å². The van der Waals surface area contributed by atoms with E-state index < -0.39 is 0 Å². The fourth-order valence-electron chi connectivity index (χ4n) is 7.99. The highest BCUT2D eigenvalue weighted by Crippen LogP contribution is 2.46. The van der Waals surface area contributed by atoms with Crippen LogP contribution in [0.4, 0.5) is 0 Å². The molecule has 1 N–H and O–H groups in total. The molecule has 0 bridgehead atoms. The lowest BCUT2D eigenvalue weighted by molar-refractivity contribution is 0.643. The summed E-state index contributed by atoms with van der Waals surface area (Å²) in [6, 6.07) is 48.8. The molecule has 0 amide bonds. The number of allylic oxidation sites excluding steroid dienone is 1. The standard InChI is InChI=1S/C43H31N3/c1-43(2)24-23-32-41-39(45(42(32)43)29-11-4-3-5-12-29)17-10-18-40(41)46-37-16-9-7-14-31(37)34-26-28(20-22-38(34)46)27-19-21-36-33(25-27)30-13-6-8-15-35(30)44-36/h3-26,44H,1-2H3. The second-order valence-corrected chi connectivity index (χ2v) is 13.2. The summed E-state index contributed by atoms with van der Waals surface area (Å²) in [5.41, 5.74) is 13.5. The van der Waals surface area contributed by atoms with Crippen LogP contribution < -0.4 is 0 Å². The third-order valence-electron chi connectivity index (χ3n) is 10.1. The lowest BCUT2D eigenvalue weighted by Crippen LogP contribution is -2.16. The van der Waals surface area contributed by atoms with Gasteiger partial charge in [0.2, 0.25) is 0 Å². The average Bonchev–Trinajstić information content (AvgIpc) is 3.82. The van der Waals surface area contributed by atoms with E-state index in [0.29, 0.717) is 0 Å². The van der Waals surface area contributed by atoms with Crippen molar-refractivity contribution in [1.82, 2.24) is 14.1 Å². The van der Waals surface area contributed by atoms with E-state index in [1.807, 2.05) is 0 Å². The molecule has 9 aromatic rings. The molecule has 0 atom stereocenters. The first-order valence-electron chi connectivity index (χ1n) is 16.0. The third-order valence-corrected chi connectivity index (χ3v) is 10.1. The van der Waals surface area contributed by atoms with Gasteiger partial charge in [0.1, 0.15) is 0 Å². The maximum absolute atomic E-state index is 3.57. The Kier molecular flexibility index (Phi) is 5.06. The quantitative estimate of drug-likeness (QED) is 0.212. The Labute approximate surface area is 266 Å². The molecule has 46 heavy (non-hydrogen) atoms. The highest BCUT2D eigenvalue weighted by Gasteiger charge is 2.33. The minimum atomic E-state index is -0.0803. The topological polar surface area (TPSA) is 25.6 Å². The van der Waals surface area contributed by atoms with Gasteiger partial charge in [-0.05, 0) is 71.8 Å². The second kappa shape index (κ2) is 9.12. The van der Waals surface area contributed by atoms with Crippen LogP contribution in [0.2, 0.25) is 0 Å². The molecule has 0 spiro atoms. The molecule has 3 heteroatoms. The van der Waals surface area contributed by atoms with Gasteiger partial charge >= 0.3 is 0 Å². The molecule has 218 valence electrons. The lowest BCUT2D eigenvalue weighted by Gasteiger charge is -2.21. The number of fused-ring (bicyclic) bond motifs is 9. The number of hydrogen-bond acceptors (Lipinski definition) is 0. The number of aromatic amines is 1. The zero-order chi connectivity index (χ0) is 30.6. The molecule has 1 aliphatic carbocycles. The first-order chi connectivity index (χ1) is 22.6. The predicted molar refractivity (Wildman–Crippen MR) is 194 cm³/mol. The minimum Gasteiger partial charge on any atom is -0.355 e. The van der Waals surface area contributed by atoms with Gasteiger partial charge in [-0.3, -0.25) is 0 Å². The van der Waals surface area contributed by atoms with Crippen LogP contribution in [0, 0.1) is 0 Å². The van der Waals surface area contributed by atoms with Gasteiger partial charge in [-0.25, -0.2) is 0 Å². The van der Waals surface area contributed by atoms with Crippen molar-refractivity contribution in [3.63, 3.8) is 0 Å². The summed E-state index contributed by atoms with van der Waals surface area (Å²) in [7, 11) is 0. The normalized spacial score (nSPS) is 14.0. The van der Waals surface area contributed by atoms with Crippen LogP contribution in [0.25, 0.3) is 83.1 Å². The molecule has 3 aromatic heterocycles. The summed E-state index contributed by atoms with van der Waals surface area (Å²) < 4.78 is 4.95. The molecule has 3 nitrogen and oxygen atoms in total. The van der Waals surface area contributed by atoms with E-state index in [-0.39, 0.29) is 5.41 Å². The van der Waals surface area contributed by atoms with E-state index in [9.17, 15) is 0 Å². The zero-order valence-electron chi connectivity index (χ0n) is 25.8. The molecule has 0 unspecified atom stereocenters. The molecule has 3 heterocycles. The Hall–Kier alpha value is -5.80. The Bertz CT molecular complexity index is 2710. The first-order valence-corrected chi connectivity index (χ1v) is 16.0. The summed E-state index contributed by atoms with van der Waals surface area (Å²) in [4.78, 5) is 3.57. The maximum atomic E-state index is 3.57. The molecule has 1 aliphatic rings. The van der Waals surface area contributed by atoms with E-state index >= 15 is 0 Å². The summed E-state index contributed by atoms with van der Waals surface area (Å²) in [6.07, 6.45) is 4.70. The van der Waals surface area contributed by atoms with Gasteiger partial charge in [0.05, 0.1) is 22.2 Å². The minimum absolute atomic E-state index is 0.0803. The Morgan fingerprint density at radius 2 is 1.20 bits per heavy atom. The Morgan fingerprint density at radius 3 is 2.07 bits per heavy atom. The summed E-state index contributed by atoms with van der Waals surface area (Å²) in [5.74, 6) is 0. The van der Waals surface area contributed by atoms with Crippen molar-refractivity contribution in [1.29, 1.82) is 0 Å². The number of aromatic nitrogens is 3. The summed E-state index contributed by atoms with van der Waals surface area (Å²) in [5, 5.41) is 6.34. The molecule has 0 radical (unpaired) electrons. The molecular formula is C43H31N3. The maximum Gasteiger partial charge on any atom is 0.0562 e. The van der Waals surface area contributed by atoms with E-state index in [1.165, 1.54) is 88.3 Å². The fraction of sp³-hybridized carbons (Fsp3) is 0.0698. The first kappa shape index (κ1) is 25.5. The highest BCUT2D eigenvalue weighted by atomic mass is 15.0. The van der Waals surface area contributed by atoms with Crippen LogP contribution >= 0.6 is 0 Å². The zero-order valence-corrected chi connectivity index (χ0v) is 25.8. The van der Waals surface area contributed by atoms with E-state index in [1.54, 1.807) is 0 Å². The van der Waals surface area contributed by atoms with Gasteiger partial charge in [0.15, 0.2) is 0 Å². The number of H-pyrrole nitrogens is 1. The van der Waals surface area contributed by atoms with Crippen LogP contribution in [0.3, 0.4) is 0 Å². The van der Waals surface area contributed by atoms with Crippen molar-refractivity contribution >= 4 is 60.6 Å². The van der Waals surface area contributed by atoms with Crippen molar-refractivity contribution in [2.24, 2.45) is 0 Å². The lowest BCUT2D eigenvalue weighted by atomic mass is 9.92. The largest absolute Gasteiger partial charge is 0.355 e. The van der Waals surface area contributed by atoms with E-state index in [4.69, 9.17) is 0 Å². The van der Waals surface area contributed by atoms with Gasteiger partial charge in [-0.2, -0.15) is 0 Å². The van der Waals surface area contributed by atoms with Crippen molar-refractivity contribution in [2.75, 3.05) is 0 Å². The molecule has 0 saturated heterocycles.